The molecule has 0 aromatic heterocycles. The number of hydrogen-bond acceptors (Lipinski definition) is 1. The van der Waals surface area contributed by atoms with Crippen LogP contribution in [0.4, 0.5) is 0 Å². The second-order valence-corrected chi connectivity index (χ2v) is 14.7. The largest absolute Gasteiger partial charge is 0.0901 e. The van der Waals surface area contributed by atoms with Gasteiger partial charge in [-0.3, -0.25) is 0 Å². The van der Waals surface area contributed by atoms with Crippen LogP contribution in [-0.4, -0.2) is 0 Å². The molecular formula is C36H28P2S. The standard InChI is InChI=1S/C36H28P2S/c1-5-13-29(14-6-1)37(30-15-7-2-8-16-30)33-21-25-35(26-22-33)39-36-27-23-34(24-28-36)38(31-17-9-3-10-18-31)32-19-11-4-12-20-32/h1-28H. The molecule has 0 unspecified atom stereocenters. The summed E-state index contributed by atoms with van der Waals surface area (Å²) in [6, 6.07) is 61.9. The van der Waals surface area contributed by atoms with Gasteiger partial charge < -0.3 is 0 Å². The summed E-state index contributed by atoms with van der Waals surface area (Å²) in [4.78, 5) is 2.52. The molecule has 0 bridgehead atoms. The normalized spacial score (nSPS) is 11.1. The maximum atomic E-state index is 2.31. The fourth-order valence-electron chi connectivity index (χ4n) is 4.67. The summed E-state index contributed by atoms with van der Waals surface area (Å²) >= 11 is 1.83. The van der Waals surface area contributed by atoms with Crippen LogP contribution in [-0.2, 0) is 0 Å². The van der Waals surface area contributed by atoms with Crippen LogP contribution in [0, 0.1) is 0 Å². The average Bonchev–Trinajstić information content (AvgIpc) is 3.01. The highest BCUT2D eigenvalue weighted by molar-refractivity contribution is 7.99. The first-order chi connectivity index (χ1) is 19.3. The quantitative estimate of drug-likeness (QED) is 0.177. The Balaban J connectivity index is 1.24. The van der Waals surface area contributed by atoms with Gasteiger partial charge in [-0.15, -0.1) is 0 Å². The highest BCUT2D eigenvalue weighted by Crippen LogP contribution is 2.36. The Labute approximate surface area is 238 Å². The predicted octanol–water partition coefficient (Wildman–Crippen LogP) is 7.35. The minimum absolute atomic E-state index is 0.581. The zero-order chi connectivity index (χ0) is 26.3. The Morgan fingerprint density at radius 1 is 0.256 bits per heavy atom. The Bertz CT molecular complexity index is 1380. The summed E-state index contributed by atoms with van der Waals surface area (Å²) in [5, 5.41) is 8.26. The maximum absolute atomic E-state index is 2.31. The summed E-state index contributed by atoms with van der Waals surface area (Å²) in [6.07, 6.45) is 0. The summed E-state index contributed by atoms with van der Waals surface area (Å²) in [7, 11) is -1.16. The molecule has 0 fully saturated rings. The molecule has 0 N–H and O–H groups in total. The monoisotopic (exact) mass is 554 g/mol. The van der Waals surface area contributed by atoms with Gasteiger partial charge in [-0.1, -0.05) is 157 Å². The summed E-state index contributed by atoms with van der Waals surface area (Å²) in [5.41, 5.74) is 0. The van der Waals surface area contributed by atoms with Gasteiger partial charge in [-0.25, -0.2) is 0 Å². The third kappa shape index (κ3) is 6.24. The van der Waals surface area contributed by atoms with Crippen LogP contribution < -0.4 is 31.8 Å². The highest BCUT2D eigenvalue weighted by Gasteiger charge is 2.17. The number of hydrogen-bond donors (Lipinski definition) is 0. The molecule has 6 aromatic carbocycles. The molecule has 0 aliphatic carbocycles. The Hall–Kier alpha value is -3.47. The van der Waals surface area contributed by atoms with Crippen LogP contribution >= 0.6 is 27.6 Å². The molecule has 0 atom stereocenters. The first-order valence-electron chi connectivity index (χ1n) is 13.0. The molecule has 0 saturated heterocycles. The smallest absolute Gasteiger partial charge is 0.0122 e. The second-order valence-electron chi connectivity index (χ2n) is 9.10. The van der Waals surface area contributed by atoms with Crippen LogP contribution in [0.5, 0.6) is 0 Å². The van der Waals surface area contributed by atoms with Crippen LogP contribution in [0.1, 0.15) is 0 Å². The van der Waals surface area contributed by atoms with E-state index >= 15 is 0 Å². The Kier molecular flexibility index (Phi) is 8.32. The molecule has 3 heteroatoms. The molecule has 0 aliphatic rings. The molecule has 0 spiro atoms. The highest BCUT2D eigenvalue weighted by atomic mass is 32.2. The van der Waals surface area contributed by atoms with Gasteiger partial charge in [0.2, 0.25) is 0 Å². The fraction of sp³-hybridized carbons (Fsp3) is 0. The van der Waals surface area contributed by atoms with Gasteiger partial charge in [0.05, 0.1) is 0 Å². The van der Waals surface area contributed by atoms with Crippen molar-refractivity contribution in [2.24, 2.45) is 0 Å². The average molecular weight is 555 g/mol. The molecule has 39 heavy (non-hydrogen) atoms. The topological polar surface area (TPSA) is 0 Å². The zero-order valence-corrected chi connectivity index (χ0v) is 24.1. The van der Waals surface area contributed by atoms with Crippen LogP contribution in [0.3, 0.4) is 0 Å². The Morgan fingerprint density at radius 2 is 0.487 bits per heavy atom. The fourth-order valence-corrected chi connectivity index (χ4v) is 10.0. The third-order valence-electron chi connectivity index (χ3n) is 6.48. The Morgan fingerprint density at radius 3 is 0.744 bits per heavy atom. The summed E-state index contributed by atoms with van der Waals surface area (Å²) < 4.78 is 0. The van der Waals surface area contributed by atoms with Crippen molar-refractivity contribution in [2.75, 3.05) is 0 Å². The van der Waals surface area contributed by atoms with Crippen molar-refractivity contribution in [3.05, 3.63) is 170 Å². The van der Waals surface area contributed by atoms with E-state index in [1.54, 1.807) is 0 Å². The predicted molar refractivity (Wildman–Crippen MR) is 174 cm³/mol. The van der Waals surface area contributed by atoms with Crippen LogP contribution in [0.15, 0.2) is 180 Å². The zero-order valence-electron chi connectivity index (χ0n) is 21.5. The van der Waals surface area contributed by atoms with Crippen LogP contribution in [0.2, 0.25) is 0 Å². The van der Waals surface area contributed by atoms with E-state index in [1.165, 1.54) is 41.6 Å². The van der Waals surface area contributed by atoms with Gasteiger partial charge in [0.1, 0.15) is 0 Å². The van der Waals surface area contributed by atoms with Gasteiger partial charge >= 0.3 is 0 Å². The van der Waals surface area contributed by atoms with E-state index in [4.69, 9.17) is 0 Å². The lowest BCUT2D eigenvalue weighted by Crippen LogP contribution is -2.20. The van der Waals surface area contributed by atoms with Crippen LogP contribution in [0.25, 0.3) is 0 Å². The molecule has 0 radical (unpaired) electrons. The van der Waals surface area contributed by atoms with Gasteiger partial charge in [0.25, 0.3) is 0 Å². The van der Waals surface area contributed by atoms with Gasteiger partial charge in [0.15, 0.2) is 0 Å². The molecule has 0 nitrogen and oxygen atoms in total. The minimum Gasteiger partial charge on any atom is -0.0901 e. The molecule has 6 aromatic rings. The van der Waals surface area contributed by atoms with E-state index < -0.39 is 15.8 Å². The van der Waals surface area contributed by atoms with Crippen molar-refractivity contribution >= 4 is 59.4 Å². The first kappa shape index (κ1) is 25.8. The summed E-state index contributed by atoms with van der Waals surface area (Å²) in [5.74, 6) is 0. The SMILES string of the molecule is c1ccc(P(c2ccccc2)c2ccc(Sc3ccc(P(c4ccccc4)c4ccccc4)cc3)cc2)cc1. The molecule has 0 amide bonds. The maximum Gasteiger partial charge on any atom is 0.0122 e. The van der Waals surface area contributed by atoms with Gasteiger partial charge in [-0.05, 0) is 71.9 Å². The molecule has 0 heterocycles. The summed E-state index contributed by atoms with van der Waals surface area (Å²) in [6.45, 7) is 0. The lowest BCUT2D eigenvalue weighted by atomic mass is 10.3. The van der Waals surface area contributed by atoms with Gasteiger partial charge in [0, 0.05) is 9.79 Å². The van der Waals surface area contributed by atoms with Crippen molar-refractivity contribution in [1.29, 1.82) is 0 Å². The molecular weight excluding hydrogens is 526 g/mol. The van der Waals surface area contributed by atoms with Gasteiger partial charge in [-0.2, -0.15) is 0 Å². The molecule has 6 rings (SSSR count). The lowest BCUT2D eigenvalue weighted by molar-refractivity contribution is 1.42. The van der Waals surface area contributed by atoms with E-state index in [0.29, 0.717) is 0 Å². The molecule has 0 aliphatic heterocycles. The second kappa shape index (κ2) is 12.6. The molecule has 188 valence electrons. The van der Waals surface area contributed by atoms with Crippen molar-refractivity contribution in [3.63, 3.8) is 0 Å². The van der Waals surface area contributed by atoms with E-state index in [2.05, 4.69) is 170 Å². The van der Waals surface area contributed by atoms with Crippen molar-refractivity contribution in [1.82, 2.24) is 0 Å². The third-order valence-corrected chi connectivity index (χ3v) is 12.4. The van der Waals surface area contributed by atoms with Crippen molar-refractivity contribution < 1.29 is 0 Å². The van der Waals surface area contributed by atoms with E-state index in [-0.39, 0.29) is 0 Å². The van der Waals surface area contributed by atoms with E-state index in [1.807, 2.05) is 11.8 Å². The van der Waals surface area contributed by atoms with Crippen molar-refractivity contribution in [2.45, 2.75) is 9.79 Å². The number of rotatable bonds is 8. The van der Waals surface area contributed by atoms with Crippen molar-refractivity contribution in [3.8, 4) is 0 Å². The van der Waals surface area contributed by atoms with E-state index in [0.717, 1.165) is 0 Å². The minimum atomic E-state index is -0.581. The first-order valence-corrected chi connectivity index (χ1v) is 16.5. The van der Waals surface area contributed by atoms with E-state index in [9.17, 15) is 0 Å². The number of benzene rings is 6. The lowest BCUT2D eigenvalue weighted by Gasteiger charge is -2.20. The molecule has 0 saturated carbocycles.